The van der Waals surface area contributed by atoms with Crippen molar-refractivity contribution in [1.82, 2.24) is 25.3 Å². The maximum atomic E-state index is 15.2. The Balaban J connectivity index is 1.30. The second-order valence-electron chi connectivity index (χ2n) is 11.4. The minimum absolute atomic E-state index is 0.0617. The zero-order valence-electron chi connectivity index (χ0n) is 26.0. The van der Waals surface area contributed by atoms with E-state index >= 15 is 4.39 Å². The Morgan fingerprint density at radius 3 is 2.74 bits per heavy atom. The van der Waals surface area contributed by atoms with Gasteiger partial charge in [-0.25, -0.2) is 4.39 Å². The number of ether oxygens (including phenoxy) is 3. The third kappa shape index (κ3) is 7.69. The van der Waals surface area contributed by atoms with Crippen LogP contribution in [0.3, 0.4) is 0 Å². The second kappa shape index (κ2) is 13.9. The molecule has 0 radical (unpaired) electrons. The lowest BCUT2D eigenvalue weighted by molar-refractivity contribution is -0.123. The van der Waals surface area contributed by atoms with Crippen LogP contribution in [-0.2, 0) is 23.2 Å². The van der Waals surface area contributed by atoms with Crippen molar-refractivity contribution in [2.45, 2.75) is 25.1 Å². The van der Waals surface area contributed by atoms with Gasteiger partial charge in [0.25, 0.3) is 11.8 Å². The molecule has 2 atom stereocenters. The normalized spacial score (nSPS) is 18.5. The van der Waals surface area contributed by atoms with E-state index in [0.717, 1.165) is 5.56 Å². The van der Waals surface area contributed by atoms with Crippen LogP contribution in [0.1, 0.15) is 22.3 Å². The molecule has 3 aliphatic heterocycles. The Kier molecular flexibility index (Phi) is 9.34. The number of aromatic nitrogens is 2. The van der Waals surface area contributed by atoms with E-state index in [4.69, 9.17) is 14.2 Å². The highest BCUT2D eigenvalue weighted by atomic mass is 19.1. The number of aryl methyl sites for hydroxylation is 1. The van der Waals surface area contributed by atoms with E-state index in [1.807, 2.05) is 11.0 Å². The average Bonchev–Trinajstić information content (AvgIpc) is 3.47. The summed E-state index contributed by atoms with van der Waals surface area (Å²) in [7, 11) is 3.29. The highest BCUT2D eigenvalue weighted by molar-refractivity contribution is 5.96. The summed E-state index contributed by atoms with van der Waals surface area (Å²) in [6.07, 6.45) is 1.70. The molecule has 4 heterocycles. The SMILES string of the molecule is COc1cc2ccc1CNC(=O)COc1cccc(c1)-c1ccc(F)c(c1)C(=O)N[C@@H]1CN(CC(=O)Nc3ccn(C)n3)CC[C@@H]1O2. The number of fused-ring (bicyclic) bond motifs is 7. The monoisotopic (exact) mass is 642 g/mol. The quantitative estimate of drug-likeness (QED) is 0.309. The summed E-state index contributed by atoms with van der Waals surface area (Å²) < 4.78 is 34.5. The maximum absolute atomic E-state index is 15.2. The van der Waals surface area contributed by atoms with E-state index in [0.29, 0.717) is 47.2 Å². The maximum Gasteiger partial charge on any atom is 0.258 e. The van der Waals surface area contributed by atoms with Gasteiger partial charge >= 0.3 is 0 Å². The van der Waals surface area contributed by atoms with E-state index in [2.05, 4.69) is 21.0 Å². The van der Waals surface area contributed by atoms with E-state index in [-0.39, 0.29) is 43.6 Å². The summed E-state index contributed by atoms with van der Waals surface area (Å²) >= 11 is 0. The Bertz CT molecular complexity index is 1790. The first-order chi connectivity index (χ1) is 22.7. The Morgan fingerprint density at radius 1 is 1.09 bits per heavy atom. The number of carbonyl (C=O) groups is 3. The van der Waals surface area contributed by atoms with Crippen LogP contribution in [0.5, 0.6) is 17.2 Å². The molecule has 1 fully saturated rings. The molecule has 1 aromatic heterocycles. The van der Waals surface area contributed by atoms with Crippen molar-refractivity contribution in [2.75, 3.05) is 38.7 Å². The van der Waals surface area contributed by atoms with Crippen LogP contribution in [0.2, 0.25) is 0 Å². The molecule has 12 nitrogen and oxygen atoms in total. The molecule has 0 unspecified atom stereocenters. The number of rotatable bonds is 4. The Hall–Kier alpha value is -5.43. The number of hydrogen-bond acceptors (Lipinski definition) is 8. The number of likely N-dealkylation sites (tertiary alicyclic amines) is 1. The smallest absolute Gasteiger partial charge is 0.258 e. The zero-order chi connectivity index (χ0) is 32.9. The number of halogens is 1. The highest BCUT2D eigenvalue weighted by Gasteiger charge is 2.34. The molecular weight excluding hydrogens is 607 g/mol. The fraction of sp³-hybridized carbons (Fsp3) is 0.294. The van der Waals surface area contributed by atoms with Crippen LogP contribution in [0, 0.1) is 5.82 Å². The molecule has 1 saturated heterocycles. The molecule has 3 N–H and O–H groups in total. The van der Waals surface area contributed by atoms with Crippen LogP contribution in [-0.4, -0.2) is 77.9 Å². The number of benzene rings is 3. The van der Waals surface area contributed by atoms with Gasteiger partial charge in [0.15, 0.2) is 12.4 Å². The number of nitrogens with one attached hydrogen (secondary N) is 3. The van der Waals surface area contributed by atoms with Crippen LogP contribution < -0.4 is 30.2 Å². The number of methoxy groups -OCH3 is 1. The predicted octanol–water partition coefficient (Wildman–Crippen LogP) is 3.13. The summed E-state index contributed by atoms with van der Waals surface area (Å²) in [4.78, 5) is 41.0. The fourth-order valence-corrected chi connectivity index (χ4v) is 5.69. The molecular formula is C34H35FN6O6. The molecule has 0 aliphatic carbocycles. The van der Waals surface area contributed by atoms with E-state index in [1.165, 1.54) is 19.2 Å². The molecule has 7 rings (SSSR count). The van der Waals surface area contributed by atoms with Crippen LogP contribution >= 0.6 is 0 Å². The van der Waals surface area contributed by atoms with Gasteiger partial charge in [-0.1, -0.05) is 18.2 Å². The first kappa shape index (κ1) is 31.5. The summed E-state index contributed by atoms with van der Waals surface area (Å²) in [5.74, 6) is 0.0113. The number of amides is 3. The largest absolute Gasteiger partial charge is 0.496 e. The molecule has 0 saturated carbocycles. The second-order valence-corrected chi connectivity index (χ2v) is 11.4. The van der Waals surface area contributed by atoms with Crippen LogP contribution in [0.15, 0.2) is 72.9 Å². The summed E-state index contributed by atoms with van der Waals surface area (Å²) in [6.45, 7) is 0.840. The minimum atomic E-state index is -0.683. The molecule has 244 valence electrons. The van der Waals surface area contributed by atoms with Gasteiger partial charge in [0.2, 0.25) is 5.91 Å². The third-order valence-electron chi connectivity index (χ3n) is 8.07. The van der Waals surface area contributed by atoms with Crippen molar-refractivity contribution in [3.05, 3.63) is 89.9 Å². The molecule has 4 aromatic rings. The van der Waals surface area contributed by atoms with Crippen LogP contribution in [0.4, 0.5) is 10.2 Å². The van der Waals surface area contributed by atoms with Gasteiger partial charge < -0.3 is 30.2 Å². The standard InChI is InChI=1S/C34H35FN6O6/c1-40-12-11-31(39-40)38-32(42)19-41-13-10-29-28(18-41)37-34(44)26-15-22(7-9-27(26)35)21-4-3-5-24(14-21)46-20-33(43)36-17-23-6-8-25(47-29)16-30(23)45-2/h3-9,11-12,14-16,28-29H,10,13,17-20H2,1-2H3,(H,36,43)(H,37,44)(H,38,39,42)/t28-,29+/m1/s1. The van der Waals surface area contributed by atoms with Gasteiger partial charge in [0.1, 0.15) is 29.2 Å². The van der Waals surface area contributed by atoms with Crippen molar-refractivity contribution >= 4 is 23.5 Å². The molecule has 6 bridgehead atoms. The molecule has 0 spiro atoms. The summed E-state index contributed by atoms with van der Waals surface area (Å²) in [6, 6.07) is 17.7. The third-order valence-corrected chi connectivity index (χ3v) is 8.07. The lowest BCUT2D eigenvalue weighted by Crippen LogP contribution is -2.58. The molecule has 3 aliphatic rings. The van der Waals surface area contributed by atoms with Crippen molar-refractivity contribution in [1.29, 1.82) is 0 Å². The number of hydrogen-bond donors (Lipinski definition) is 3. The van der Waals surface area contributed by atoms with E-state index in [1.54, 1.807) is 66.5 Å². The summed E-state index contributed by atoms with van der Waals surface area (Å²) in [5, 5.41) is 12.8. The van der Waals surface area contributed by atoms with Gasteiger partial charge in [-0.2, -0.15) is 5.10 Å². The molecule has 47 heavy (non-hydrogen) atoms. The number of anilines is 1. The lowest BCUT2D eigenvalue weighted by atomic mass is 9.99. The van der Waals surface area contributed by atoms with Crippen molar-refractivity contribution in [3.63, 3.8) is 0 Å². The average molecular weight is 643 g/mol. The van der Waals surface area contributed by atoms with Crippen LogP contribution in [0.25, 0.3) is 11.1 Å². The van der Waals surface area contributed by atoms with Gasteiger partial charge in [0, 0.05) is 50.6 Å². The van der Waals surface area contributed by atoms with E-state index in [9.17, 15) is 14.4 Å². The van der Waals surface area contributed by atoms with Gasteiger partial charge in [-0.3, -0.25) is 24.0 Å². The number of piperidine rings is 1. The molecule has 13 heteroatoms. The van der Waals surface area contributed by atoms with Gasteiger partial charge in [-0.05, 0) is 53.9 Å². The highest BCUT2D eigenvalue weighted by Crippen LogP contribution is 2.29. The van der Waals surface area contributed by atoms with Gasteiger partial charge in [0.05, 0.1) is 25.3 Å². The fourth-order valence-electron chi connectivity index (χ4n) is 5.69. The van der Waals surface area contributed by atoms with Crippen molar-refractivity contribution < 1.29 is 33.0 Å². The summed E-state index contributed by atoms with van der Waals surface area (Å²) in [5.41, 5.74) is 1.87. The zero-order valence-corrected chi connectivity index (χ0v) is 26.0. The van der Waals surface area contributed by atoms with Crippen molar-refractivity contribution in [2.24, 2.45) is 7.05 Å². The number of carbonyl (C=O) groups excluding carboxylic acids is 3. The Morgan fingerprint density at radius 2 is 1.94 bits per heavy atom. The lowest BCUT2D eigenvalue weighted by Gasteiger charge is -2.38. The Labute approximate surface area is 270 Å². The number of nitrogens with zero attached hydrogens (tertiary/aromatic N) is 3. The predicted molar refractivity (Wildman–Crippen MR) is 171 cm³/mol. The molecule has 3 amide bonds. The molecule has 3 aromatic carbocycles. The first-order valence-corrected chi connectivity index (χ1v) is 15.2. The van der Waals surface area contributed by atoms with Gasteiger partial charge in [-0.15, -0.1) is 0 Å². The minimum Gasteiger partial charge on any atom is -0.496 e. The van der Waals surface area contributed by atoms with Crippen molar-refractivity contribution in [3.8, 4) is 28.4 Å². The topological polar surface area (TPSA) is 136 Å². The first-order valence-electron chi connectivity index (χ1n) is 15.2. The van der Waals surface area contributed by atoms with E-state index < -0.39 is 23.9 Å².